The molecule has 0 N–H and O–H groups in total. The van der Waals surface area contributed by atoms with Gasteiger partial charge in [-0.25, -0.2) is 8.42 Å². The molecule has 142 valence electrons. The second-order valence-corrected chi connectivity index (χ2v) is 10.2. The molecule has 2 amide bonds. The number of hydrogen-bond donors (Lipinski definition) is 0. The second-order valence-electron chi connectivity index (χ2n) is 7.94. The van der Waals surface area contributed by atoms with Gasteiger partial charge in [-0.15, -0.1) is 0 Å². The average Bonchev–Trinajstić information content (AvgIpc) is 3.00. The molecule has 25 heavy (non-hydrogen) atoms. The summed E-state index contributed by atoms with van der Waals surface area (Å²) < 4.78 is 23.3. The van der Waals surface area contributed by atoms with Gasteiger partial charge in [-0.2, -0.15) is 0 Å². The predicted octanol–water partition coefficient (Wildman–Crippen LogP) is 1.45. The molecule has 2 saturated heterocycles. The molecule has 0 aromatic rings. The molecule has 3 rings (SSSR count). The predicted molar refractivity (Wildman–Crippen MR) is 95.7 cm³/mol. The lowest BCUT2D eigenvalue weighted by atomic mass is 9.87. The van der Waals surface area contributed by atoms with Crippen LogP contribution >= 0.6 is 0 Å². The lowest BCUT2D eigenvalue weighted by Gasteiger charge is -2.36. The summed E-state index contributed by atoms with van der Waals surface area (Å²) in [5, 5.41) is 0. The molecule has 1 atom stereocenters. The van der Waals surface area contributed by atoms with E-state index in [0.717, 1.165) is 25.7 Å². The van der Waals surface area contributed by atoms with E-state index in [9.17, 15) is 18.0 Å². The number of rotatable bonds is 3. The largest absolute Gasteiger partial charge is 0.342 e. The summed E-state index contributed by atoms with van der Waals surface area (Å²) in [6.07, 6.45) is 7.50. The average molecular weight is 371 g/mol. The summed E-state index contributed by atoms with van der Waals surface area (Å²) in [6, 6.07) is -0.181. The van der Waals surface area contributed by atoms with Crippen molar-refractivity contribution in [1.29, 1.82) is 0 Å². The van der Waals surface area contributed by atoms with Gasteiger partial charge in [-0.05, 0) is 32.1 Å². The zero-order valence-electron chi connectivity index (χ0n) is 15.2. The number of carbonyl (C=O) groups excluding carboxylic acids is 2. The number of hydrogen-bond acceptors (Lipinski definition) is 4. The maximum Gasteiger partial charge on any atom is 0.225 e. The highest BCUT2D eigenvalue weighted by Gasteiger charge is 2.37. The first-order valence-electron chi connectivity index (χ1n) is 9.63. The van der Waals surface area contributed by atoms with Crippen LogP contribution in [0.1, 0.15) is 51.4 Å². The highest BCUT2D eigenvalue weighted by Crippen LogP contribution is 2.28. The summed E-state index contributed by atoms with van der Waals surface area (Å²) in [4.78, 5) is 28.9. The third-order valence-electron chi connectivity index (χ3n) is 6.21. The number of sulfone groups is 1. The van der Waals surface area contributed by atoms with Crippen LogP contribution in [0.25, 0.3) is 0 Å². The minimum Gasteiger partial charge on any atom is -0.342 e. The molecule has 1 unspecified atom stereocenters. The van der Waals surface area contributed by atoms with Crippen molar-refractivity contribution in [2.45, 2.75) is 57.4 Å². The first-order valence-corrected chi connectivity index (χ1v) is 11.5. The van der Waals surface area contributed by atoms with Crippen LogP contribution in [0, 0.1) is 11.8 Å². The molecule has 7 heteroatoms. The van der Waals surface area contributed by atoms with Crippen molar-refractivity contribution in [2.24, 2.45) is 11.8 Å². The first-order chi connectivity index (χ1) is 11.9. The van der Waals surface area contributed by atoms with Gasteiger partial charge in [0.1, 0.15) is 0 Å². The van der Waals surface area contributed by atoms with E-state index >= 15 is 0 Å². The van der Waals surface area contributed by atoms with E-state index in [2.05, 4.69) is 0 Å². The molecule has 0 aromatic heterocycles. The monoisotopic (exact) mass is 370 g/mol. The number of carbonyl (C=O) groups is 2. The van der Waals surface area contributed by atoms with Crippen molar-refractivity contribution in [3.63, 3.8) is 0 Å². The van der Waals surface area contributed by atoms with Crippen LogP contribution in [0.3, 0.4) is 0 Å². The lowest BCUT2D eigenvalue weighted by Crippen LogP contribution is -2.47. The van der Waals surface area contributed by atoms with E-state index in [1.807, 2.05) is 4.90 Å². The normalized spacial score (nSPS) is 28.0. The van der Waals surface area contributed by atoms with E-state index in [1.54, 1.807) is 11.9 Å². The minimum absolute atomic E-state index is 0.0480. The first kappa shape index (κ1) is 18.7. The van der Waals surface area contributed by atoms with Crippen molar-refractivity contribution in [3.8, 4) is 0 Å². The number of amides is 2. The van der Waals surface area contributed by atoms with Gasteiger partial charge in [0.05, 0.1) is 11.5 Å². The molecule has 3 fully saturated rings. The van der Waals surface area contributed by atoms with Crippen LogP contribution in [-0.4, -0.2) is 67.7 Å². The molecular formula is C18H30N2O4S. The third kappa shape index (κ3) is 4.36. The van der Waals surface area contributed by atoms with E-state index in [4.69, 9.17) is 0 Å². The molecule has 6 nitrogen and oxygen atoms in total. The van der Waals surface area contributed by atoms with Gasteiger partial charge < -0.3 is 9.80 Å². The Morgan fingerprint density at radius 1 is 0.920 bits per heavy atom. The Labute approximate surface area is 150 Å². The van der Waals surface area contributed by atoms with Crippen molar-refractivity contribution in [2.75, 3.05) is 31.6 Å². The van der Waals surface area contributed by atoms with Crippen molar-refractivity contribution in [1.82, 2.24) is 9.80 Å². The van der Waals surface area contributed by atoms with Gasteiger partial charge in [-0.3, -0.25) is 9.59 Å². The molecular weight excluding hydrogens is 340 g/mol. The van der Waals surface area contributed by atoms with Crippen LogP contribution in [0.15, 0.2) is 0 Å². The topological polar surface area (TPSA) is 74.8 Å². The fourth-order valence-electron chi connectivity index (χ4n) is 4.50. The Bertz CT molecular complexity index is 605. The summed E-state index contributed by atoms with van der Waals surface area (Å²) in [5.74, 6) is 0.710. The Kier molecular flexibility index (Phi) is 5.71. The maximum absolute atomic E-state index is 12.7. The lowest BCUT2D eigenvalue weighted by molar-refractivity contribution is -0.143. The van der Waals surface area contributed by atoms with Gasteiger partial charge in [-0.1, -0.05) is 19.3 Å². The summed E-state index contributed by atoms with van der Waals surface area (Å²) in [6.45, 7) is 1.31. The zero-order chi connectivity index (χ0) is 18.0. The Morgan fingerprint density at radius 2 is 1.56 bits per heavy atom. The third-order valence-corrected chi connectivity index (χ3v) is 7.96. The summed E-state index contributed by atoms with van der Waals surface area (Å²) in [5.41, 5.74) is 0. The number of piperidine rings is 1. The van der Waals surface area contributed by atoms with Crippen LogP contribution < -0.4 is 0 Å². The van der Waals surface area contributed by atoms with Gasteiger partial charge in [0.25, 0.3) is 0 Å². The fraction of sp³-hybridized carbons (Fsp3) is 0.889. The minimum atomic E-state index is -2.98. The fourth-order valence-corrected chi connectivity index (χ4v) is 6.28. The summed E-state index contributed by atoms with van der Waals surface area (Å²) >= 11 is 0. The highest BCUT2D eigenvalue weighted by atomic mass is 32.2. The highest BCUT2D eigenvalue weighted by molar-refractivity contribution is 7.91. The Hall–Kier alpha value is -1.11. The van der Waals surface area contributed by atoms with Crippen molar-refractivity contribution < 1.29 is 18.0 Å². The SMILES string of the molecule is CN(C(=O)C1CCN(C(=O)C2CCCCC2)CC1)C1CCS(=O)(=O)C1. The molecule has 1 saturated carbocycles. The molecule has 2 aliphatic heterocycles. The van der Waals surface area contributed by atoms with E-state index in [-0.39, 0.29) is 41.2 Å². The van der Waals surface area contributed by atoms with Crippen LogP contribution in [0.2, 0.25) is 0 Å². The zero-order valence-corrected chi connectivity index (χ0v) is 16.0. The van der Waals surface area contributed by atoms with E-state index in [1.165, 1.54) is 6.42 Å². The maximum atomic E-state index is 12.7. The molecule has 1 aliphatic carbocycles. The molecule has 0 spiro atoms. The quantitative estimate of drug-likeness (QED) is 0.754. The molecule has 0 aromatic carbocycles. The van der Waals surface area contributed by atoms with E-state index in [0.29, 0.717) is 32.4 Å². The van der Waals surface area contributed by atoms with Crippen LogP contribution in [-0.2, 0) is 19.4 Å². The van der Waals surface area contributed by atoms with Gasteiger partial charge in [0.2, 0.25) is 11.8 Å². The van der Waals surface area contributed by atoms with Gasteiger partial charge in [0.15, 0.2) is 9.84 Å². The smallest absolute Gasteiger partial charge is 0.225 e. The van der Waals surface area contributed by atoms with Crippen molar-refractivity contribution >= 4 is 21.7 Å². The molecule has 2 heterocycles. The van der Waals surface area contributed by atoms with Crippen LogP contribution in [0.5, 0.6) is 0 Å². The Balaban J connectivity index is 1.49. The van der Waals surface area contributed by atoms with Gasteiger partial charge >= 0.3 is 0 Å². The van der Waals surface area contributed by atoms with Gasteiger partial charge in [0, 0.05) is 38.0 Å². The number of likely N-dealkylation sites (tertiary alicyclic amines) is 1. The Morgan fingerprint density at radius 3 is 2.12 bits per heavy atom. The standard InChI is InChI=1S/C18H30N2O4S/c1-19(16-9-12-25(23,24)13-16)17(21)15-7-10-20(11-8-15)18(22)14-5-3-2-4-6-14/h14-16H,2-13H2,1H3. The van der Waals surface area contributed by atoms with Crippen LogP contribution in [0.4, 0.5) is 0 Å². The summed E-state index contributed by atoms with van der Waals surface area (Å²) in [7, 11) is -1.25. The van der Waals surface area contributed by atoms with E-state index < -0.39 is 9.84 Å². The van der Waals surface area contributed by atoms with Crippen molar-refractivity contribution in [3.05, 3.63) is 0 Å². The molecule has 0 bridgehead atoms. The molecule has 3 aliphatic rings. The molecule has 0 radical (unpaired) electrons. The number of nitrogens with zero attached hydrogens (tertiary/aromatic N) is 2. The second kappa shape index (κ2) is 7.64.